The van der Waals surface area contributed by atoms with E-state index < -0.39 is 27.6 Å². The topological polar surface area (TPSA) is 52.6 Å². The molecule has 2 aromatic rings. The van der Waals surface area contributed by atoms with Crippen molar-refractivity contribution in [2.45, 2.75) is 12.8 Å². The normalized spacial score (nSPS) is 9.90. The molecule has 4 nitrogen and oxygen atoms in total. The summed E-state index contributed by atoms with van der Waals surface area (Å²) in [4.78, 5) is 23.1. The van der Waals surface area contributed by atoms with Crippen molar-refractivity contribution in [3.8, 4) is 0 Å². The first-order valence-corrected chi connectivity index (χ1v) is 7.78. The van der Waals surface area contributed by atoms with Crippen molar-refractivity contribution in [2.24, 2.45) is 0 Å². The molecule has 0 saturated heterocycles. The van der Waals surface area contributed by atoms with Gasteiger partial charge in [0.2, 0.25) is 0 Å². The molecule has 2 rings (SSSR count). The average Bonchev–Trinajstić information content (AvgIpc) is 2.49. The molecular weight excluding hydrogens is 335 g/mol. The zero-order valence-corrected chi connectivity index (χ0v) is 12.9. The summed E-state index contributed by atoms with van der Waals surface area (Å²) in [6.45, 7) is 0. The van der Waals surface area contributed by atoms with Gasteiger partial charge in [0.05, 0.1) is 0 Å². The van der Waals surface area contributed by atoms with Gasteiger partial charge in [0.15, 0.2) is 0 Å². The molecule has 0 fully saturated rings. The van der Waals surface area contributed by atoms with Gasteiger partial charge in [-0.1, -0.05) is 0 Å². The number of hydrogen-bond acceptors (Lipinski definition) is 4. The zero-order chi connectivity index (χ0) is 14.9. The van der Waals surface area contributed by atoms with Crippen molar-refractivity contribution in [1.29, 1.82) is 0 Å². The van der Waals surface area contributed by atoms with Gasteiger partial charge >= 0.3 is 129 Å². The monoisotopic (exact) mass is 350 g/mol. The molecule has 0 aromatic heterocycles. The van der Waals surface area contributed by atoms with Gasteiger partial charge in [0.1, 0.15) is 0 Å². The van der Waals surface area contributed by atoms with Crippen LogP contribution in [0.3, 0.4) is 0 Å². The van der Waals surface area contributed by atoms with Gasteiger partial charge in [0, 0.05) is 0 Å². The second-order valence-corrected chi connectivity index (χ2v) is 5.29. The molecule has 0 aliphatic heterocycles. The van der Waals surface area contributed by atoms with Gasteiger partial charge in [-0.15, -0.1) is 0 Å². The molecule has 5 heteroatoms. The Kier molecular flexibility index (Phi) is 6.00. The minimum absolute atomic E-state index is 0.179. The van der Waals surface area contributed by atoms with Crippen LogP contribution in [-0.4, -0.2) is 27.6 Å². The molecular formula is C16H14O4Se. The van der Waals surface area contributed by atoms with E-state index in [0.29, 0.717) is 0 Å². The van der Waals surface area contributed by atoms with E-state index in [1.54, 1.807) is 0 Å². The molecule has 0 bridgehead atoms. The third-order valence-electron chi connectivity index (χ3n) is 2.64. The maximum absolute atomic E-state index is 11.6. The Balaban J connectivity index is 1.67. The molecule has 0 aliphatic rings. The van der Waals surface area contributed by atoms with Crippen LogP contribution in [-0.2, 0) is 30.1 Å². The Bertz CT molecular complexity index is 530. The molecule has 0 spiro atoms. The Morgan fingerprint density at radius 1 is 0.714 bits per heavy atom. The third kappa shape index (κ3) is 5.81. The Hall–Kier alpha value is -2.10. The van der Waals surface area contributed by atoms with Crippen LogP contribution in [0.1, 0.15) is 11.1 Å². The van der Waals surface area contributed by atoms with Crippen molar-refractivity contribution < 1.29 is 17.2 Å². The van der Waals surface area contributed by atoms with Crippen molar-refractivity contribution in [2.75, 3.05) is 0 Å². The quantitative estimate of drug-likeness (QED) is 0.750. The second-order valence-electron chi connectivity index (χ2n) is 4.30. The Morgan fingerprint density at radius 3 is 1.48 bits per heavy atom. The summed E-state index contributed by atoms with van der Waals surface area (Å²) in [5.41, 5.74) is 1.74. The predicted octanol–water partition coefficient (Wildman–Crippen LogP) is 2.09. The summed E-state index contributed by atoms with van der Waals surface area (Å²) in [7, 11) is 0. The average molecular weight is 349 g/mol. The maximum atomic E-state index is 11.6. The number of carbonyl (C=O) groups is 2. The molecule has 2 aromatic carbocycles. The van der Waals surface area contributed by atoms with E-state index in [9.17, 15) is 9.59 Å². The van der Waals surface area contributed by atoms with Crippen molar-refractivity contribution >= 4 is 27.6 Å². The first kappa shape index (κ1) is 15.3. The van der Waals surface area contributed by atoms with Crippen LogP contribution in [0.4, 0.5) is 0 Å². The van der Waals surface area contributed by atoms with Crippen LogP contribution < -0.4 is 0 Å². The number of carbonyl (C=O) groups excluding carboxylic acids is 2. The van der Waals surface area contributed by atoms with Crippen LogP contribution in [0.5, 0.6) is 0 Å². The molecule has 0 amide bonds. The van der Waals surface area contributed by atoms with Crippen molar-refractivity contribution in [1.82, 2.24) is 0 Å². The zero-order valence-electron chi connectivity index (χ0n) is 11.2. The summed E-state index contributed by atoms with van der Waals surface area (Å²) in [5, 5.41) is 0. The summed E-state index contributed by atoms with van der Waals surface area (Å²) in [6.07, 6.45) is 0.359. The summed E-state index contributed by atoms with van der Waals surface area (Å²) in [5.74, 6) is -0.789. The molecule has 108 valence electrons. The first-order chi connectivity index (χ1) is 10.2. The number of hydrogen-bond donors (Lipinski definition) is 0. The van der Waals surface area contributed by atoms with Gasteiger partial charge < -0.3 is 0 Å². The predicted molar refractivity (Wildman–Crippen MR) is 78.2 cm³/mol. The summed E-state index contributed by atoms with van der Waals surface area (Å²) in [6, 6.07) is 18.5. The fourth-order valence-corrected chi connectivity index (χ4v) is 2.31. The molecule has 0 N–H and O–H groups in total. The molecule has 0 heterocycles. The van der Waals surface area contributed by atoms with E-state index in [2.05, 4.69) is 0 Å². The van der Waals surface area contributed by atoms with E-state index in [1.165, 1.54) is 0 Å². The van der Waals surface area contributed by atoms with Gasteiger partial charge in [0.25, 0.3) is 0 Å². The number of benzene rings is 2. The number of rotatable bonds is 6. The fourth-order valence-electron chi connectivity index (χ4n) is 1.68. The van der Waals surface area contributed by atoms with Gasteiger partial charge in [-0.25, -0.2) is 0 Å². The first-order valence-electron chi connectivity index (χ1n) is 6.39. The molecule has 0 radical (unpaired) electrons. The van der Waals surface area contributed by atoms with E-state index in [0.717, 1.165) is 11.1 Å². The van der Waals surface area contributed by atoms with Crippen LogP contribution in [0.25, 0.3) is 0 Å². The standard InChI is InChI=1S/C16H14O4Se/c17-15(11-13-7-3-1-4-8-13)19-21-20-16(18)12-14-9-5-2-6-10-14/h1-10H,11-12H2. The van der Waals surface area contributed by atoms with E-state index in [4.69, 9.17) is 7.64 Å². The molecule has 21 heavy (non-hydrogen) atoms. The van der Waals surface area contributed by atoms with Gasteiger partial charge in [-0.2, -0.15) is 0 Å². The van der Waals surface area contributed by atoms with Crippen LogP contribution in [0, 0.1) is 0 Å². The van der Waals surface area contributed by atoms with E-state index >= 15 is 0 Å². The van der Waals surface area contributed by atoms with E-state index in [1.807, 2.05) is 60.7 Å². The van der Waals surface area contributed by atoms with E-state index in [-0.39, 0.29) is 12.8 Å². The molecule has 0 atom stereocenters. The van der Waals surface area contributed by atoms with Crippen LogP contribution in [0.15, 0.2) is 60.7 Å². The third-order valence-corrected chi connectivity index (χ3v) is 3.70. The minimum atomic E-state index is -0.919. The molecule has 0 aliphatic carbocycles. The summed E-state index contributed by atoms with van der Waals surface area (Å²) >= 11 is -0.919. The Labute approximate surface area is 129 Å². The van der Waals surface area contributed by atoms with Crippen LogP contribution in [0.2, 0.25) is 0 Å². The summed E-state index contributed by atoms with van der Waals surface area (Å²) < 4.78 is 9.87. The fraction of sp³-hybridized carbons (Fsp3) is 0.125. The second kappa shape index (κ2) is 8.25. The van der Waals surface area contributed by atoms with Crippen molar-refractivity contribution in [3.05, 3.63) is 71.8 Å². The SMILES string of the molecule is O=C(Cc1ccccc1)O[Se]OC(=O)Cc1ccccc1. The van der Waals surface area contributed by atoms with Gasteiger partial charge in [-0.3, -0.25) is 0 Å². The molecule has 0 saturated carbocycles. The molecule has 0 unspecified atom stereocenters. The van der Waals surface area contributed by atoms with Gasteiger partial charge in [-0.05, 0) is 0 Å². The van der Waals surface area contributed by atoms with Crippen molar-refractivity contribution in [3.63, 3.8) is 0 Å². The Morgan fingerprint density at radius 2 is 1.10 bits per heavy atom. The van der Waals surface area contributed by atoms with Crippen LogP contribution >= 0.6 is 0 Å².